The molecule has 0 saturated carbocycles. The zero-order valence-corrected chi connectivity index (χ0v) is 10.4. The Hall–Kier alpha value is -0.130. The van der Waals surface area contributed by atoms with Gasteiger partial charge in [-0.2, -0.15) is 4.31 Å². The molecular weight excluding hydrogens is 214 g/mol. The molecule has 90 valence electrons. The van der Waals surface area contributed by atoms with Crippen molar-refractivity contribution in [3.63, 3.8) is 0 Å². The third-order valence-electron chi connectivity index (χ3n) is 2.66. The summed E-state index contributed by atoms with van der Waals surface area (Å²) >= 11 is 0. The van der Waals surface area contributed by atoms with Crippen molar-refractivity contribution in [2.45, 2.75) is 38.7 Å². The van der Waals surface area contributed by atoms with Gasteiger partial charge in [0.15, 0.2) is 0 Å². The van der Waals surface area contributed by atoms with Crippen molar-refractivity contribution in [3.8, 4) is 0 Å². The predicted octanol–water partition coefficient (Wildman–Crippen LogP) is 1.23. The van der Waals surface area contributed by atoms with Crippen LogP contribution in [-0.2, 0) is 14.8 Å². The molecule has 1 heterocycles. The molecule has 0 amide bonds. The molecule has 1 saturated heterocycles. The topological polar surface area (TPSA) is 46.6 Å². The fourth-order valence-electron chi connectivity index (χ4n) is 1.74. The number of rotatable bonds is 5. The summed E-state index contributed by atoms with van der Waals surface area (Å²) < 4.78 is 29.8. The molecule has 1 fully saturated rings. The van der Waals surface area contributed by atoms with Gasteiger partial charge in [0.25, 0.3) is 0 Å². The minimum absolute atomic E-state index is 0.0972. The second kappa shape index (κ2) is 5.82. The number of ether oxygens (including phenoxy) is 1. The van der Waals surface area contributed by atoms with Crippen molar-refractivity contribution in [3.05, 3.63) is 0 Å². The lowest BCUT2D eigenvalue weighted by Gasteiger charge is -2.30. The number of hydrogen-bond acceptors (Lipinski definition) is 3. The highest BCUT2D eigenvalue weighted by Gasteiger charge is 2.25. The minimum Gasteiger partial charge on any atom is -0.377 e. The van der Waals surface area contributed by atoms with Gasteiger partial charge in [-0.3, -0.25) is 0 Å². The lowest BCUT2D eigenvalue weighted by molar-refractivity contribution is 0.0177. The number of hydrogen-bond donors (Lipinski definition) is 0. The average Bonchev–Trinajstić information content (AvgIpc) is 2.17. The monoisotopic (exact) mass is 235 g/mol. The van der Waals surface area contributed by atoms with E-state index >= 15 is 0 Å². The van der Waals surface area contributed by atoms with Gasteiger partial charge in [0.1, 0.15) is 0 Å². The fourth-order valence-corrected chi connectivity index (χ4v) is 2.63. The summed E-state index contributed by atoms with van der Waals surface area (Å²) in [6.07, 6.45) is 5.42. The molecule has 0 spiro atoms. The minimum atomic E-state index is -3.04. The van der Waals surface area contributed by atoms with E-state index in [0.29, 0.717) is 13.1 Å². The van der Waals surface area contributed by atoms with Crippen LogP contribution in [0.3, 0.4) is 0 Å². The molecule has 0 aromatic carbocycles. The van der Waals surface area contributed by atoms with Gasteiger partial charge in [0.2, 0.25) is 10.0 Å². The molecule has 5 heteroatoms. The number of nitrogens with zero attached hydrogens (tertiary/aromatic N) is 1. The van der Waals surface area contributed by atoms with Crippen LogP contribution in [0.2, 0.25) is 0 Å². The largest absolute Gasteiger partial charge is 0.377 e. The first-order valence-electron chi connectivity index (χ1n) is 5.60. The summed E-state index contributed by atoms with van der Waals surface area (Å²) in [6, 6.07) is 0. The molecule has 1 atom stereocenters. The van der Waals surface area contributed by atoms with E-state index in [0.717, 1.165) is 32.3 Å². The van der Waals surface area contributed by atoms with E-state index in [1.54, 1.807) is 0 Å². The van der Waals surface area contributed by atoms with E-state index < -0.39 is 10.0 Å². The van der Waals surface area contributed by atoms with Crippen LogP contribution in [0.1, 0.15) is 32.6 Å². The second-order valence-electron chi connectivity index (χ2n) is 4.11. The molecule has 0 aliphatic carbocycles. The first kappa shape index (κ1) is 12.9. The Morgan fingerprint density at radius 2 is 2.20 bits per heavy atom. The molecule has 1 rings (SSSR count). The van der Waals surface area contributed by atoms with Crippen LogP contribution in [-0.4, -0.2) is 44.8 Å². The highest BCUT2D eigenvalue weighted by Crippen LogP contribution is 2.15. The van der Waals surface area contributed by atoms with Gasteiger partial charge in [0, 0.05) is 19.7 Å². The molecule has 0 N–H and O–H groups in total. The quantitative estimate of drug-likeness (QED) is 0.673. The second-order valence-corrected chi connectivity index (χ2v) is 6.09. The Balaban J connectivity index is 2.36. The number of sulfonamides is 1. The van der Waals surface area contributed by atoms with E-state index in [1.807, 2.05) is 0 Å². The van der Waals surface area contributed by atoms with Crippen molar-refractivity contribution >= 4 is 10.0 Å². The van der Waals surface area contributed by atoms with E-state index in [-0.39, 0.29) is 6.10 Å². The summed E-state index contributed by atoms with van der Waals surface area (Å²) in [4.78, 5) is 0. The van der Waals surface area contributed by atoms with Crippen LogP contribution in [0.4, 0.5) is 0 Å². The standard InChI is InChI=1S/C10H21NO3S/c1-3-4-8-14-10-6-5-7-11(9-10)15(2,12)13/h10H,3-9H2,1-2H3/t10-/m1/s1. The summed E-state index contributed by atoms with van der Waals surface area (Å²) in [5, 5.41) is 0. The van der Waals surface area contributed by atoms with Crippen molar-refractivity contribution in [2.75, 3.05) is 26.0 Å². The third-order valence-corrected chi connectivity index (χ3v) is 3.93. The Morgan fingerprint density at radius 3 is 2.80 bits per heavy atom. The number of piperidine rings is 1. The molecule has 1 aliphatic heterocycles. The molecule has 0 aromatic heterocycles. The first-order valence-corrected chi connectivity index (χ1v) is 7.45. The SMILES string of the molecule is CCCCO[C@@H]1CCCN(S(C)(=O)=O)C1. The zero-order chi connectivity index (χ0) is 11.3. The van der Waals surface area contributed by atoms with E-state index in [1.165, 1.54) is 10.6 Å². The molecule has 0 aromatic rings. The maximum atomic E-state index is 11.3. The summed E-state index contributed by atoms with van der Waals surface area (Å²) in [5.41, 5.74) is 0. The fraction of sp³-hybridized carbons (Fsp3) is 1.00. The lowest BCUT2D eigenvalue weighted by atomic mass is 10.1. The normalized spacial score (nSPS) is 24.3. The van der Waals surface area contributed by atoms with Gasteiger partial charge in [-0.25, -0.2) is 8.42 Å². The maximum absolute atomic E-state index is 11.3. The molecule has 15 heavy (non-hydrogen) atoms. The van der Waals surface area contributed by atoms with E-state index in [9.17, 15) is 8.42 Å². The molecule has 0 bridgehead atoms. The first-order chi connectivity index (χ1) is 7.04. The number of unbranched alkanes of at least 4 members (excludes halogenated alkanes) is 1. The Morgan fingerprint density at radius 1 is 1.47 bits per heavy atom. The van der Waals surface area contributed by atoms with Crippen LogP contribution in [0, 0.1) is 0 Å². The third kappa shape index (κ3) is 4.49. The van der Waals surface area contributed by atoms with E-state index in [4.69, 9.17) is 4.74 Å². The average molecular weight is 235 g/mol. The lowest BCUT2D eigenvalue weighted by Crippen LogP contribution is -2.42. The van der Waals surface area contributed by atoms with Crippen molar-refractivity contribution in [1.82, 2.24) is 4.31 Å². The van der Waals surface area contributed by atoms with Crippen LogP contribution in [0.5, 0.6) is 0 Å². The van der Waals surface area contributed by atoms with Gasteiger partial charge < -0.3 is 4.74 Å². The van der Waals surface area contributed by atoms with Gasteiger partial charge >= 0.3 is 0 Å². The maximum Gasteiger partial charge on any atom is 0.211 e. The van der Waals surface area contributed by atoms with Crippen LogP contribution < -0.4 is 0 Å². The molecule has 0 unspecified atom stereocenters. The Bertz CT molecular complexity index is 276. The van der Waals surface area contributed by atoms with Gasteiger partial charge in [0.05, 0.1) is 12.4 Å². The highest BCUT2D eigenvalue weighted by atomic mass is 32.2. The summed E-state index contributed by atoms with van der Waals surface area (Å²) in [6.45, 7) is 4.04. The highest BCUT2D eigenvalue weighted by molar-refractivity contribution is 7.88. The van der Waals surface area contributed by atoms with Crippen molar-refractivity contribution in [2.24, 2.45) is 0 Å². The molecular formula is C10H21NO3S. The molecule has 1 aliphatic rings. The van der Waals surface area contributed by atoms with Gasteiger partial charge in [-0.15, -0.1) is 0 Å². The van der Waals surface area contributed by atoms with Gasteiger partial charge in [-0.1, -0.05) is 13.3 Å². The summed E-state index contributed by atoms with van der Waals surface area (Å²) in [7, 11) is -3.04. The van der Waals surface area contributed by atoms with Crippen LogP contribution >= 0.6 is 0 Å². The smallest absolute Gasteiger partial charge is 0.211 e. The zero-order valence-electron chi connectivity index (χ0n) is 9.61. The summed E-state index contributed by atoms with van der Waals surface area (Å²) in [5.74, 6) is 0. The molecule has 4 nitrogen and oxygen atoms in total. The predicted molar refractivity (Wildman–Crippen MR) is 60.3 cm³/mol. The van der Waals surface area contributed by atoms with Gasteiger partial charge in [-0.05, 0) is 19.3 Å². The van der Waals surface area contributed by atoms with Crippen LogP contribution in [0.15, 0.2) is 0 Å². The van der Waals surface area contributed by atoms with Crippen molar-refractivity contribution < 1.29 is 13.2 Å². The molecule has 0 radical (unpaired) electrons. The van der Waals surface area contributed by atoms with Crippen molar-refractivity contribution in [1.29, 1.82) is 0 Å². The Kier molecular flexibility index (Phi) is 5.02. The Labute approximate surface area is 92.7 Å². The van der Waals surface area contributed by atoms with E-state index in [2.05, 4.69) is 6.92 Å². The van der Waals surface area contributed by atoms with Crippen LogP contribution in [0.25, 0.3) is 0 Å².